The van der Waals surface area contributed by atoms with E-state index in [1.807, 2.05) is 24.4 Å². The molecule has 0 unspecified atom stereocenters. The molecule has 0 radical (unpaired) electrons. The number of fused-ring (bicyclic) bond motifs is 1. The second kappa shape index (κ2) is 6.22. The van der Waals surface area contributed by atoms with Crippen molar-refractivity contribution in [1.29, 1.82) is 0 Å². The number of nitrogens with zero attached hydrogens (tertiary/aromatic N) is 3. The van der Waals surface area contributed by atoms with Gasteiger partial charge in [0.25, 0.3) is 0 Å². The predicted molar refractivity (Wildman–Crippen MR) is 82.3 cm³/mol. The first-order valence-corrected chi connectivity index (χ1v) is 7.48. The summed E-state index contributed by atoms with van der Waals surface area (Å²) in [6.45, 7) is 3.80. The maximum Gasteiger partial charge on any atom is 0.128 e. The zero-order valence-corrected chi connectivity index (χ0v) is 12.6. The topological polar surface area (TPSA) is 38.2 Å². The molecule has 0 fully saturated rings. The zero-order valence-electron chi connectivity index (χ0n) is 12.6. The first-order chi connectivity index (χ1) is 10.2. The number of para-hydroxylation sites is 1. The van der Waals surface area contributed by atoms with E-state index in [0.29, 0.717) is 0 Å². The fourth-order valence-electron chi connectivity index (χ4n) is 2.74. The third-order valence-corrected chi connectivity index (χ3v) is 3.74. The first kappa shape index (κ1) is 14.0. The molecule has 3 rings (SSSR count). The molecule has 1 atom stereocenters. The van der Waals surface area contributed by atoms with Gasteiger partial charge in [-0.2, -0.15) is 0 Å². The minimum atomic E-state index is 0.236. The van der Waals surface area contributed by atoms with Crippen LogP contribution in [0, 0.1) is 0 Å². The fraction of sp³-hybridized carbons (Fsp3) is 0.412. The van der Waals surface area contributed by atoms with Crippen LogP contribution < -0.4 is 4.74 Å². The van der Waals surface area contributed by atoms with Crippen LogP contribution in [0.15, 0.2) is 36.5 Å². The Balaban J connectivity index is 1.56. The number of hydrogen-bond acceptors (Lipinski definition) is 4. The van der Waals surface area contributed by atoms with Gasteiger partial charge in [0, 0.05) is 32.1 Å². The Kier molecular flexibility index (Phi) is 4.15. The molecule has 0 saturated heterocycles. The summed E-state index contributed by atoms with van der Waals surface area (Å²) in [5, 5.41) is 0. The first-order valence-electron chi connectivity index (χ1n) is 7.48. The van der Waals surface area contributed by atoms with Gasteiger partial charge in [0.15, 0.2) is 0 Å². The SMILES string of the molecule is CCc1nccc(CN(C)C[C@H]2Cc3ccccc3O2)n1. The van der Waals surface area contributed by atoms with Gasteiger partial charge in [-0.15, -0.1) is 0 Å². The van der Waals surface area contributed by atoms with Crippen LogP contribution >= 0.6 is 0 Å². The largest absolute Gasteiger partial charge is 0.488 e. The van der Waals surface area contributed by atoms with Gasteiger partial charge in [0.1, 0.15) is 17.7 Å². The van der Waals surface area contributed by atoms with Crippen LogP contribution in [-0.4, -0.2) is 34.6 Å². The Labute approximate surface area is 125 Å². The van der Waals surface area contributed by atoms with Gasteiger partial charge in [-0.05, 0) is 24.7 Å². The van der Waals surface area contributed by atoms with E-state index in [0.717, 1.165) is 43.2 Å². The minimum Gasteiger partial charge on any atom is -0.488 e. The lowest BCUT2D eigenvalue weighted by atomic mass is 10.1. The number of benzene rings is 1. The molecule has 1 aromatic carbocycles. The maximum absolute atomic E-state index is 5.99. The highest BCUT2D eigenvalue weighted by atomic mass is 16.5. The molecule has 0 saturated carbocycles. The number of rotatable bonds is 5. The molecule has 2 heterocycles. The molecule has 21 heavy (non-hydrogen) atoms. The van der Waals surface area contributed by atoms with Crippen LogP contribution in [-0.2, 0) is 19.4 Å². The molecular weight excluding hydrogens is 262 g/mol. The summed E-state index contributed by atoms with van der Waals surface area (Å²) in [6.07, 6.45) is 3.94. The average molecular weight is 283 g/mol. The molecule has 0 aliphatic carbocycles. The van der Waals surface area contributed by atoms with E-state index >= 15 is 0 Å². The van der Waals surface area contributed by atoms with Gasteiger partial charge in [0.05, 0.1) is 5.69 Å². The van der Waals surface area contributed by atoms with Gasteiger partial charge >= 0.3 is 0 Å². The number of likely N-dealkylation sites (N-methyl/N-ethyl adjacent to an activating group) is 1. The van der Waals surface area contributed by atoms with Gasteiger partial charge in [-0.1, -0.05) is 25.1 Å². The second-order valence-electron chi connectivity index (χ2n) is 5.57. The van der Waals surface area contributed by atoms with Gasteiger partial charge in [-0.25, -0.2) is 9.97 Å². The van der Waals surface area contributed by atoms with E-state index in [-0.39, 0.29) is 6.10 Å². The molecule has 2 aromatic rings. The number of aryl methyl sites for hydroxylation is 1. The monoisotopic (exact) mass is 283 g/mol. The molecule has 1 aliphatic rings. The van der Waals surface area contributed by atoms with Crippen molar-refractivity contribution in [3.05, 3.63) is 53.6 Å². The highest BCUT2D eigenvalue weighted by Crippen LogP contribution is 2.28. The lowest BCUT2D eigenvalue weighted by molar-refractivity contribution is 0.164. The number of aromatic nitrogens is 2. The van der Waals surface area contributed by atoms with E-state index < -0.39 is 0 Å². The van der Waals surface area contributed by atoms with Crippen molar-refractivity contribution in [2.75, 3.05) is 13.6 Å². The Morgan fingerprint density at radius 3 is 2.95 bits per heavy atom. The second-order valence-corrected chi connectivity index (χ2v) is 5.57. The third kappa shape index (κ3) is 3.39. The molecule has 110 valence electrons. The molecule has 0 spiro atoms. The van der Waals surface area contributed by atoms with Crippen molar-refractivity contribution in [1.82, 2.24) is 14.9 Å². The summed E-state index contributed by atoms with van der Waals surface area (Å²) in [4.78, 5) is 11.1. The van der Waals surface area contributed by atoms with Crippen molar-refractivity contribution >= 4 is 0 Å². The molecular formula is C17H21N3O. The van der Waals surface area contributed by atoms with E-state index in [9.17, 15) is 0 Å². The highest BCUT2D eigenvalue weighted by Gasteiger charge is 2.23. The lowest BCUT2D eigenvalue weighted by Gasteiger charge is -2.20. The summed E-state index contributed by atoms with van der Waals surface area (Å²) in [6, 6.07) is 10.3. The molecule has 1 aliphatic heterocycles. The summed E-state index contributed by atoms with van der Waals surface area (Å²) >= 11 is 0. The van der Waals surface area contributed by atoms with Crippen molar-refractivity contribution in [3.8, 4) is 5.75 Å². The molecule has 4 nitrogen and oxygen atoms in total. The van der Waals surface area contributed by atoms with Crippen LogP contribution in [0.5, 0.6) is 5.75 Å². The molecule has 0 amide bonds. The molecule has 4 heteroatoms. The third-order valence-electron chi connectivity index (χ3n) is 3.74. The van der Waals surface area contributed by atoms with Gasteiger partial charge < -0.3 is 4.74 Å². The molecule has 0 N–H and O–H groups in total. The van der Waals surface area contributed by atoms with Crippen LogP contribution in [0.2, 0.25) is 0 Å². The standard InChI is InChI=1S/C17H21N3O/c1-3-17-18-9-8-14(19-17)11-20(2)12-15-10-13-6-4-5-7-16(13)21-15/h4-9,15H,3,10-12H2,1-2H3/t15-/m1/s1. The fourth-order valence-corrected chi connectivity index (χ4v) is 2.74. The molecule has 0 bridgehead atoms. The van der Waals surface area contributed by atoms with Crippen molar-refractivity contribution < 1.29 is 4.74 Å². The summed E-state index contributed by atoms with van der Waals surface area (Å²) < 4.78 is 5.99. The zero-order chi connectivity index (χ0) is 14.7. The average Bonchev–Trinajstić information content (AvgIpc) is 2.89. The van der Waals surface area contributed by atoms with E-state index in [4.69, 9.17) is 4.74 Å². The van der Waals surface area contributed by atoms with Crippen LogP contribution in [0.4, 0.5) is 0 Å². The van der Waals surface area contributed by atoms with Crippen LogP contribution in [0.1, 0.15) is 24.0 Å². The summed E-state index contributed by atoms with van der Waals surface area (Å²) in [5.41, 5.74) is 2.38. The van der Waals surface area contributed by atoms with Gasteiger partial charge in [-0.3, -0.25) is 4.90 Å². The Bertz CT molecular complexity index is 589. The van der Waals surface area contributed by atoms with Crippen molar-refractivity contribution in [2.24, 2.45) is 0 Å². The van der Waals surface area contributed by atoms with Gasteiger partial charge in [0.2, 0.25) is 0 Å². The van der Waals surface area contributed by atoms with E-state index in [2.05, 4.69) is 41.0 Å². The Morgan fingerprint density at radius 1 is 1.29 bits per heavy atom. The van der Waals surface area contributed by atoms with E-state index in [1.54, 1.807) is 0 Å². The Morgan fingerprint density at radius 2 is 2.14 bits per heavy atom. The highest BCUT2D eigenvalue weighted by molar-refractivity contribution is 5.37. The van der Waals surface area contributed by atoms with Crippen LogP contribution in [0.25, 0.3) is 0 Å². The van der Waals surface area contributed by atoms with Crippen molar-refractivity contribution in [3.63, 3.8) is 0 Å². The van der Waals surface area contributed by atoms with Crippen molar-refractivity contribution in [2.45, 2.75) is 32.4 Å². The smallest absolute Gasteiger partial charge is 0.128 e. The Hall–Kier alpha value is -1.94. The quantitative estimate of drug-likeness (QED) is 0.845. The maximum atomic E-state index is 5.99. The normalized spacial score (nSPS) is 16.8. The number of hydrogen-bond donors (Lipinski definition) is 0. The molecule has 1 aromatic heterocycles. The van der Waals surface area contributed by atoms with E-state index in [1.165, 1.54) is 5.56 Å². The minimum absolute atomic E-state index is 0.236. The predicted octanol–water partition coefficient (Wildman–Crippen LogP) is 2.47. The number of ether oxygens (including phenoxy) is 1. The summed E-state index contributed by atoms with van der Waals surface area (Å²) in [5.74, 6) is 1.94. The van der Waals surface area contributed by atoms with Crippen LogP contribution in [0.3, 0.4) is 0 Å². The summed E-state index contributed by atoms with van der Waals surface area (Å²) in [7, 11) is 2.11. The lowest BCUT2D eigenvalue weighted by Crippen LogP contribution is -2.32.